The number of para-hydroxylation sites is 1. The predicted molar refractivity (Wildman–Crippen MR) is 102 cm³/mol. The van der Waals surface area contributed by atoms with Gasteiger partial charge in [-0.15, -0.1) is 0 Å². The average molecular weight is 393 g/mol. The molecule has 0 aliphatic rings. The van der Waals surface area contributed by atoms with Gasteiger partial charge in [0.2, 0.25) is 0 Å². The summed E-state index contributed by atoms with van der Waals surface area (Å²) < 4.78 is 16.0. The van der Waals surface area contributed by atoms with Crippen LogP contribution in [0, 0.1) is 0 Å². The lowest BCUT2D eigenvalue weighted by molar-refractivity contribution is -0.119. The molecule has 0 unspecified atom stereocenters. The Balaban J connectivity index is 1.88. The van der Waals surface area contributed by atoms with Crippen molar-refractivity contribution in [3.8, 4) is 17.2 Å². The maximum atomic E-state index is 12.3. The van der Waals surface area contributed by atoms with Crippen LogP contribution in [0.25, 0.3) is 0 Å². The van der Waals surface area contributed by atoms with E-state index in [4.69, 9.17) is 31.5 Å². The van der Waals surface area contributed by atoms with Gasteiger partial charge in [0.15, 0.2) is 18.1 Å². The Morgan fingerprint density at radius 1 is 1.15 bits per heavy atom. The van der Waals surface area contributed by atoms with Crippen molar-refractivity contribution in [3.05, 3.63) is 53.1 Å². The van der Waals surface area contributed by atoms with Crippen molar-refractivity contribution in [2.75, 3.05) is 26.9 Å². The number of carbonyl (C=O) groups excluding carboxylic acids is 2. The summed E-state index contributed by atoms with van der Waals surface area (Å²) in [5, 5.41) is 2.93. The number of nitrogens with two attached hydrogens (primary N) is 1. The number of nitrogens with one attached hydrogen (secondary N) is 1. The molecule has 0 aromatic heterocycles. The average Bonchev–Trinajstić information content (AvgIpc) is 2.66. The molecule has 3 N–H and O–H groups in total. The fourth-order valence-electron chi connectivity index (χ4n) is 2.22. The Morgan fingerprint density at radius 2 is 1.89 bits per heavy atom. The first-order valence-electron chi connectivity index (χ1n) is 8.26. The number of primary amides is 1. The van der Waals surface area contributed by atoms with E-state index in [0.29, 0.717) is 25.1 Å². The van der Waals surface area contributed by atoms with E-state index in [9.17, 15) is 9.59 Å². The van der Waals surface area contributed by atoms with Gasteiger partial charge in [-0.25, -0.2) is 0 Å². The highest BCUT2D eigenvalue weighted by Crippen LogP contribution is 2.36. The minimum atomic E-state index is -0.646. The fraction of sp³-hybridized carbons (Fsp3) is 0.263. The molecule has 0 aliphatic heterocycles. The summed E-state index contributed by atoms with van der Waals surface area (Å²) in [7, 11) is 1.41. The van der Waals surface area contributed by atoms with Crippen molar-refractivity contribution in [1.29, 1.82) is 0 Å². The van der Waals surface area contributed by atoms with Gasteiger partial charge in [0.25, 0.3) is 11.8 Å². The molecule has 0 fully saturated rings. The Hall–Kier alpha value is -2.93. The summed E-state index contributed by atoms with van der Waals surface area (Å²) in [5.41, 5.74) is 5.37. The molecule has 0 saturated heterocycles. The van der Waals surface area contributed by atoms with E-state index in [1.165, 1.54) is 19.2 Å². The van der Waals surface area contributed by atoms with Crippen LogP contribution in [0.5, 0.6) is 17.2 Å². The third-order valence-corrected chi connectivity index (χ3v) is 3.75. The molecule has 7 nitrogen and oxygen atoms in total. The van der Waals surface area contributed by atoms with Gasteiger partial charge >= 0.3 is 0 Å². The Labute approximate surface area is 162 Å². The first-order valence-corrected chi connectivity index (χ1v) is 8.63. The van der Waals surface area contributed by atoms with Crippen LogP contribution in [0.1, 0.15) is 16.8 Å². The number of amides is 2. The number of benzene rings is 2. The predicted octanol–water partition coefficient (Wildman–Crippen LogP) is 2.41. The maximum absolute atomic E-state index is 12.3. The molecule has 144 valence electrons. The van der Waals surface area contributed by atoms with Crippen molar-refractivity contribution in [2.45, 2.75) is 6.42 Å². The Bertz CT molecular complexity index is 783. The van der Waals surface area contributed by atoms with Crippen LogP contribution in [0.15, 0.2) is 42.5 Å². The monoisotopic (exact) mass is 392 g/mol. The summed E-state index contributed by atoms with van der Waals surface area (Å²) >= 11 is 6.14. The maximum Gasteiger partial charge on any atom is 0.255 e. The third-order valence-electron chi connectivity index (χ3n) is 3.47. The number of ether oxygens (including phenoxy) is 3. The lowest BCUT2D eigenvalue weighted by Gasteiger charge is -2.13. The zero-order chi connectivity index (χ0) is 19.6. The second kappa shape index (κ2) is 10.3. The molecule has 2 aromatic rings. The number of methoxy groups -OCH3 is 1. The van der Waals surface area contributed by atoms with E-state index < -0.39 is 5.91 Å². The van der Waals surface area contributed by atoms with Crippen LogP contribution < -0.4 is 25.3 Å². The van der Waals surface area contributed by atoms with Crippen molar-refractivity contribution < 1.29 is 23.8 Å². The number of hydrogen-bond acceptors (Lipinski definition) is 5. The third kappa shape index (κ3) is 6.38. The molecule has 8 heteroatoms. The van der Waals surface area contributed by atoms with Crippen LogP contribution in [-0.4, -0.2) is 38.7 Å². The molecule has 2 aromatic carbocycles. The van der Waals surface area contributed by atoms with Crippen molar-refractivity contribution in [3.63, 3.8) is 0 Å². The van der Waals surface area contributed by atoms with Crippen molar-refractivity contribution >= 4 is 23.4 Å². The molecule has 0 saturated carbocycles. The van der Waals surface area contributed by atoms with Gasteiger partial charge in [-0.3, -0.25) is 9.59 Å². The van der Waals surface area contributed by atoms with Crippen LogP contribution >= 0.6 is 11.6 Å². The van der Waals surface area contributed by atoms with Gasteiger partial charge in [0.05, 0.1) is 18.7 Å². The van der Waals surface area contributed by atoms with Gasteiger partial charge in [-0.2, -0.15) is 0 Å². The zero-order valence-corrected chi connectivity index (χ0v) is 15.6. The van der Waals surface area contributed by atoms with Crippen molar-refractivity contribution in [2.24, 2.45) is 5.73 Å². The molecule has 0 spiro atoms. The van der Waals surface area contributed by atoms with E-state index in [1.807, 2.05) is 30.3 Å². The summed E-state index contributed by atoms with van der Waals surface area (Å²) in [6, 6.07) is 12.4. The quantitative estimate of drug-likeness (QED) is 0.605. The molecule has 0 heterocycles. The number of rotatable bonds is 10. The van der Waals surface area contributed by atoms with Gasteiger partial charge < -0.3 is 25.3 Å². The van der Waals surface area contributed by atoms with Gasteiger partial charge in [0, 0.05) is 12.1 Å². The zero-order valence-electron chi connectivity index (χ0n) is 14.9. The highest BCUT2D eigenvalue weighted by Gasteiger charge is 2.16. The topological polar surface area (TPSA) is 99.9 Å². The van der Waals surface area contributed by atoms with E-state index in [-0.39, 0.29) is 29.0 Å². The molecule has 0 bridgehead atoms. The minimum Gasteiger partial charge on any atom is -0.494 e. The number of hydrogen-bond donors (Lipinski definition) is 2. The number of halogens is 1. The van der Waals surface area contributed by atoms with Crippen LogP contribution in [0.3, 0.4) is 0 Å². The molecular weight excluding hydrogens is 372 g/mol. The summed E-state index contributed by atoms with van der Waals surface area (Å²) in [4.78, 5) is 23.2. The minimum absolute atomic E-state index is 0.146. The lowest BCUT2D eigenvalue weighted by Crippen LogP contribution is -2.25. The summed E-state index contributed by atoms with van der Waals surface area (Å²) in [6.45, 7) is 0.572. The van der Waals surface area contributed by atoms with Gasteiger partial charge in [0.1, 0.15) is 5.75 Å². The largest absolute Gasteiger partial charge is 0.494 e. The van der Waals surface area contributed by atoms with Crippen LogP contribution in [0.2, 0.25) is 5.02 Å². The Morgan fingerprint density at radius 3 is 2.56 bits per heavy atom. The SMILES string of the molecule is COc1cc(C(=O)NCCCOc2ccccc2)cc(Cl)c1OCC(N)=O. The molecule has 27 heavy (non-hydrogen) atoms. The standard InChI is InChI=1S/C19H21ClN2O5/c1-25-16-11-13(10-15(20)18(16)27-12-17(21)23)19(24)22-8-5-9-26-14-6-3-2-4-7-14/h2-4,6-7,10-11H,5,8-9,12H2,1H3,(H2,21,23)(H,22,24). The van der Waals surface area contributed by atoms with Crippen LogP contribution in [-0.2, 0) is 4.79 Å². The summed E-state index contributed by atoms with van der Waals surface area (Å²) in [6.07, 6.45) is 0.644. The first-order chi connectivity index (χ1) is 13.0. The van der Waals surface area contributed by atoms with Gasteiger partial charge in [-0.05, 0) is 30.7 Å². The lowest BCUT2D eigenvalue weighted by atomic mass is 10.2. The van der Waals surface area contributed by atoms with E-state index in [0.717, 1.165) is 5.75 Å². The van der Waals surface area contributed by atoms with E-state index in [2.05, 4.69) is 5.32 Å². The normalized spacial score (nSPS) is 10.1. The smallest absolute Gasteiger partial charge is 0.255 e. The van der Waals surface area contributed by atoms with E-state index >= 15 is 0 Å². The molecule has 0 atom stereocenters. The first kappa shape index (κ1) is 20.4. The van der Waals surface area contributed by atoms with E-state index in [1.54, 1.807) is 0 Å². The second-order valence-corrected chi connectivity index (χ2v) is 5.92. The fourth-order valence-corrected chi connectivity index (χ4v) is 2.48. The molecule has 0 aliphatic carbocycles. The highest BCUT2D eigenvalue weighted by molar-refractivity contribution is 6.32. The Kier molecular flexibility index (Phi) is 7.76. The molecule has 2 amide bonds. The van der Waals surface area contributed by atoms with Gasteiger partial charge in [-0.1, -0.05) is 29.8 Å². The molecular formula is C19H21ClN2O5. The summed E-state index contributed by atoms with van der Waals surface area (Å²) in [5.74, 6) is 0.225. The molecule has 2 rings (SSSR count). The molecule has 0 radical (unpaired) electrons. The number of carbonyl (C=O) groups is 2. The highest BCUT2D eigenvalue weighted by atomic mass is 35.5. The van der Waals surface area contributed by atoms with Crippen molar-refractivity contribution in [1.82, 2.24) is 5.32 Å². The van der Waals surface area contributed by atoms with Crippen LogP contribution in [0.4, 0.5) is 0 Å². The second-order valence-electron chi connectivity index (χ2n) is 5.52.